The highest BCUT2D eigenvalue weighted by atomic mass is 16.5. The molecule has 180 valence electrons. The molecule has 3 N–H and O–H groups in total. The van der Waals surface area contributed by atoms with Crippen molar-refractivity contribution in [1.82, 2.24) is 10.6 Å². The average molecular weight is 461 g/mol. The Kier molecular flexibility index (Phi) is 9.44. The fourth-order valence-corrected chi connectivity index (χ4v) is 3.42. The molecule has 1 heterocycles. The molecule has 2 amide bonds. The Bertz CT molecular complexity index is 1060. The molecule has 0 aliphatic rings. The van der Waals surface area contributed by atoms with Crippen LogP contribution in [0.2, 0.25) is 0 Å². The van der Waals surface area contributed by atoms with E-state index in [1.807, 2.05) is 6.92 Å². The second-order valence-electron chi connectivity index (χ2n) is 8.09. The van der Waals surface area contributed by atoms with Crippen LogP contribution >= 0.6 is 0 Å². The van der Waals surface area contributed by atoms with E-state index in [0.29, 0.717) is 23.3 Å². The molecule has 0 unspecified atom stereocenters. The van der Waals surface area contributed by atoms with Gasteiger partial charge in [-0.2, -0.15) is 0 Å². The van der Waals surface area contributed by atoms with E-state index in [2.05, 4.69) is 17.6 Å². The van der Waals surface area contributed by atoms with Crippen LogP contribution < -0.4 is 21.0 Å². The van der Waals surface area contributed by atoms with Gasteiger partial charge < -0.3 is 24.9 Å². The van der Waals surface area contributed by atoms with Gasteiger partial charge in [0.25, 0.3) is 5.91 Å². The smallest absolute Gasteiger partial charge is 0.336 e. The predicted molar refractivity (Wildman–Crippen MR) is 123 cm³/mol. The van der Waals surface area contributed by atoms with Crippen LogP contribution in [0.3, 0.4) is 0 Å². The molecule has 0 spiro atoms. The number of carbonyl (C=O) groups excluding carboxylic acids is 2. The number of aliphatic carboxylic acids is 1. The molecular weight excluding hydrogens is 428 g/mol. The molecule has 0 aliphatic carbocycles. The summed E-state index contributed by atoms with van der Waals surface area (Å²) in [6.45, 7) is 6.66. The third-order valence-corrected chi connectivity index (χ3v) is 5.60. The molecule has 2 rings (SSSR count). The number of aryl methyl sites for hydroxylation is 2. The van der Waals surface area contributed by atoms with Crippen molar-refractivity contribution >= 4 is 28.8 Å². The number of hydrogen-bond donors (Lipinski definition) is 3. The number of carboxylic acid groups (broad SMARTS) is 1. The summed E-state index contributed by atoms with van der Waals surface area (Å²) in [6, 6.07) is 4.01. The van der Waals surface area contributed by atoms with E-state index in [9.17, 15) is 24.3 Å². The summed E-state index contributed by atoms with van der Waals surface area (Å²) in [5, 5.41) is 14.9. The highest BCUT2D eigenvalue weighted by Crippen LogP contribution is 2.29. The van der Waals surface area contributed by atoms with Gasteiger partial charge in [0.1, 0.15) is 17.4 Å². The molecule has 2 atom stereocenters. The lowest BCUT2D eigenvalue weighted by Crippen LogP contribution is -2.48. The Hall–Kier alpha value is -3.36. The first-order chi connectivity index (χ1) is 15.7. The highest BCUT2D eigenvalue weighted by Gasteiger charge is 2.25. The van der Waals surface area contributed by atoms with E-state index in [-0.39, 0.29) is 19.1 Å². The topological polar surface area (TPSA) is 135 Å². The van der Waals surface area contributed by atoms with Crippen molar-refractivity contribution in [1.29, 1.82) is 0 Å². The highest BCUT2D eigenvalue weighted by molar-refractivity contribution is 5.88. The molecule has 1 aromatic carbocycles. The SMILES string of the molecule is CCCCc1cc(=O)oc2c(C)c(OCC(=O)NCC(=O)N[C@H](C(=O)O)[C@@H](C)CC)ccc12. The van der Waals surface area contributed by atoms with Crippen LogP contribution in [0, 0.1) is 12.8 Å². The third-order valence-electron chi connectivity index (χ3n) is 5.60. The van der Waals surface area contributed by atoms with Gasteiger partial charge in [0.2, 0.25) is 5.91 Å². The molecule has 0 bridgehead atoms. The summed E-state index contributed by atoms with van der Waals surface area (Å²) in [5.74, 6) is -2.12. The second kappa shape index (κ2) is 12.0. The molecule has 0 saturated heterocycles. The van der Waals surface area contributed by atoms with Gasteiger partial charge >= 0.3 is 11.6 Å². The largest absolute Gasteiger partial charge is 0.483 e. The van der Waals surface area contributed by atoms with Crippen molar-refractivity contribution in [2.24, 2.45) is 5.92 Å². The van der Waals surface area contributed by atoms with Gasteiger partial charge in [-0.05, 0) is 43.4 Å². The Morgan fingerprint density at radius 1 is 1.18 bits per heavy atom. The molecule has 0 aliphatic heterocycles. The van der Waals surface area contributed by atoms with Crippen LogP contribution in [-0.2, 0) is 20.8 Å². The number of hydrogen-bond acceptors (Lipinski definition) is 6. The average Bonchev–Trinajstić information content (AvgIpc) is 2.78. The summed E-state index contributed by atoms with van der Waals surface area (Å²) in [5.41, 5.74) is 1.51. The van der Waals surface area contributed by atoms with Gasteiger partial charge in [-0.1, -0.05) is 33.6 Å². The first-order valence-electron chi connectivity index (χ1n) is 11.2. The number of fused-ring (bicyclic) bond motifs is 1. The second-order valence-corrected chi connectivity index (χ2v) is 8.09. The van der Waals surface area contributed by atoms with Crippen molar-refractivity contribution in [3.05, 3.63) is 39.7 Å². The molecule has 9 heteroatoms. The number of carboxylic acids is 1. The molecule has 1 aromatic heterocycles. The molecular formula is C24H32N2O7. The van der Waals surface area contributed by atoms with E-state index in [1.165, 1.54) is 6.07 Å². The van der Waals surface area contributed by atoms with Gasteiger partial charge in [-0.25, -0.2) is 9.59 Å². The van der Waals surface area contributed by atoms with Crippen molar-refractivity contribution in [2.75, 3.05) is 13.2 Å². The van der Waals surface area contributed by atoms with Crippen molar-refractivity contribution < 1.29 is 28.6 Å². The first-order valence-corrected chi connectivity index (χ1v) is 11.2. The molecule has 9 nitrogen and oxygen atoms in total. The molecule has 0 radical (unpaired) electrons. The van der Waals surface area contributed by atoms with Crippen molar-refractivity contribution in [3.63, 3.8) is 0 Å². The standard InChI is InChI=1S/C24H32N2O7/c1-5-7-8-16-11-21(29)33-23-15(4)18(10-9-17(16)23)32-13-20(28)25-12-19(27)26-22(24(30)31)14(3)6-2/h9-11,14,22H,5-8,12-13H2,1-4H3,(H,25,28)(H,26,27)(H,30,31)/t14-,22-/m0/s1. The Morgan fingerprint density at radius 2 is 1.91 bits per heavy atom. The normalized spacial score (nSPS) is 12.7. The maximum atomic E-state index is 12.1. The van der Waals surface area contributed by atoms with Crippen LogP contribution in [0.4, 0.5) is 0 Å². The summed E-state index contributed by atoms with van der Waals surface area (Å²) in [7, 11) is 0. The monoisotopic (exact) mass is 460 g/mol. The quantitative estimate of drug-likeness (QED) is 0.414. The summed E-state index contributed by atoms with van der Waals surface area (Å²) in [6.07, 6.45) is 3.31. The van der Waals surface area contributed by atoms with E-state index in [1.54, 1.807) is 26.0 Å². The van der Waals surface area contributed by atoms with Crippen LogP contribution in [0.5, 0.6) is 5.75 Å². The summed E-state index contributed by atoms with van der Waals surface area (Å²) in [4.78, 5) is 47.4. The van der Waals surface area contributed by atoms with Crippen molar-refractivity contribution in [3.8, 4) is 5.75 Å². The van der Waals surface area contributed by atoms with Gasteiger partial charge in [0.05, 0.1) is 6.54 Å². The van der Waals surface area contributed by atoms with Gasteiger partial charge in [-0.3, -0.25) is 9.59 Å². The molecule has 0 fully saturated rings. The Morgan fingerprint density at radius 3 is 2.55 bits per heavy atom. The lowest BCUT2D eigenvalue weighted by molar-refractivity contribution is -0.143. The Balaban J connectivity index is 1.99. The lowest BCUT2D eigenvalue weighted by Gasteiger charge is -2.20. The van der Waals surface area contributed by atoms with Crippen LogP contribution in [0.15, 0.2) is 27.4 Å². The van der Waals surface area contributed by atoms with Gasteiger partial charge in [0, 0.05) is 17.0 Å². The zero-order valence-electron chi connectivity index (χ0n) is 19.5. The van der Waals surface area contributed by atoms with E-state index >= 15 is 0 Å². The number of benzene rings is 1. The van der Waals surface area contributed by atoms with Crippen LogP contribution in [-0.4, -0.2) is 42.1 Å². The number of carbonyl (C=O) groups is 3. The minimum Gasteiger partial charge on any atom is -0.483 e. The maximum Gasteiger partial charge on any atom is 0.336 e. The van der Waals surface area contributed by atoms with Crippen molar-refractivity contribution in [2.45, 2.75) is 59.4 Å². The number of ether oxygens (including phenoxy) is 1. The van der Waals surface area contributed by atoms with E-state index in [4.69, 9.17) is 9.15 Å². The van der Waals surface area contributed by atoms with Crippen LogP contribution in [0.1, 0.15) is 51.2 Å². The number of nitrogens with one attached hydrogen (secondary N) is 2. The van der Waals surface area contributed by atoms with Gasteiger partial charge in [0.15, 0.2) is 6.61 Å². The Labute approximate surface area is 192 Å². The zero-order chi connectivity index (χ0) is 24.5. The first kappa shape index (κ1) is 25.9. The number of rotatable bonds is 12. The minimum atomic E-state index is -1.12. The fraction of sp³-hybridized carbons (Fsp3) is 0.500. The minimum absolute atomic E-state index is 0.246. The molecule has 0 saturated carbocycles. The number of unbranched alkanes of at least 4 members (excludes halogenated alkanes) is 1. The molecule has 2 aromatic rings. The van der Waals surface area contributed by atoms with E-state index < -0.39 is 29.5 Å². The van der Waals surface area contributed by atoms with E-state index in [0.717, 1.165) is 30.2 Å². The lowest BCUT2D eigenvalue weighted by atomic mass is 9.99. The zero-order valence-corrected chi connectivity index (χ0v) is 19.5. The van der Waals surface area contributed by atoms with Gasteiger partial charge in [-0.15, -0.1) is 0 Å². The molecule has 33 heavy (non-hydrogen) atoms. The summed E-state index contributed by atoms with van der Waals surface area (Å²) >= 11 is 0. The third kappa shape index (κ3) is 7.06. The fourth-order valence-electron chi connectivity index (χ4n) is 3.42. The maximum absolute atomic E-state index is 12.1. The number of amides is 2. The predicted octanol–water partition coefficient (Wildman–Crippen LogP) is 2.55. The van der Waals surface area contributed by atoms with Crippen LogP contribution in [0.25, 0.3) is 11.0 Å². The summed E-state index contributed by atoms with van der Waals surface area (Å²) < 4.78 is 11.0.